The Bertz CT molecular complexity index is 350. The smallest absolute Gasteiger partial charge is 0.254 e. The molecule has 0 spiro atoms. The average Bonchev–Trinajstić information content (AvgIpc) is 2.25. The fourth-order valence-corrected chi connectivity index (χ4v) is 1.28. The summed E-state index contributed by atoms with van der Waals surface area (Å²) in [5.74, 6) is -0.0753. The molecule has 0 aliphatic rings. The summed E-state index contributed by atoms with van der Waals surface area (Å²) < 4.78 is 0. The molecule has 4 heteroatoms. The third kappa shape index (κ3) is 2.94. The third-order valence-electron chi connectivity index (χ3n) is 2.09. The lowest BCUT2D eigenvalue weighted by atomic mass is 10.2. The molecule has 0 aliphatic heterocycles. The van der Waals surface area contributed by atoms with Crippen molar-refractivity contribution in [3.63, 3.8) is 0 Å². The fraction of sp³-hybridized carbons (Fsp3) is 0.455. The van der Waals surface area contributed by atoms with Crippen molar-refractivity contribution in [3.8, 4) is 0 Å². The van der Waals surface area contributed by atoms with Gasteiger partial charge in [-0.1, -0.05) is 6.92 Å². The Labute approximate surface area is 90.1 Å². The van der Waals surface area contributed by atoms with E-state index >= 15 is 0 Å². The zero-order chi connectivity index (χ0) is 11.3. The molecule has 1 aromatic heterocycles. The van der Waals surface area contributed by atoms with Crippen LogP contribution in [0.25, 0.3) is 0 Å². The van der Waals surface area contributed by atoms with E-state index < -0.39 is 0 Å². The van der Waals surface area contributed by atoms with E-state index in [0.29, 0.717) is 12.1 Å². The predicted octanol–water partition coefficient (Wildman–Crippen LogP) is 1.57. The van der Waals surface area contributed by atoms with Crippen LogP contribution >= 0.6 is 0 Å². The summed E-state index contributed by atoms with van der Waals surface area (Å²) in [4.78, 5) is 15.8. The molecule has 0 saturated carbocycles. The van der Waals surface area contributed by atoms with Crippen LogP contribution in [-0.4, -0.2) is 24.5 Å². The maximum atomic E-state index is 11.7. The highest BCUT2D eigenvalue weighted by molar-refractivity contribution is 5.99. The molecule has 4 nitrogen and oxygen atoms in total. The Morgan fingerprint density at radius 3 is 2.87 bits per heavy atom. The van der Waals surface area contributed by atoms with Gasteiger partial charge in [0.05, 0.1) is 11.3 Å². The van der Waals surface area contributed by atoms with Crippen LogP contribution in [0.3, 0.4) is 0 Å². The number of carbonyl (C=O) groups excluding carboxylic acids is 1. The van der Waals surface area contributed by atoms with Crippen molar-refractivity contribution in [3.05, 3.63) is 23.5 Å². The molecule has 0 radical (unpaired) electrons. The molecular weight excluding hydrogens is 190 g/mol. The Kier molecular flexibility index (Phi) is 4.09. The lowest BCUT2D eigenvalue weighted by Crippen LogP contribution is -2.25. The minimum atomic E-state index is -0.0753. The highest BCUT2D eigenvalue weighted by atomic mass is 16.1. The van der Waals surface area contributed by atoms with Crippen molar-refractivity contribution >= 4 is 11.6 Å². The van der Waals surface area contributed by atoms with Gasteiger partial charge >= 0.3 is 0 Å². The lowest BCUT2D eigenvalue weighted by molar-refractivity contribution is 0.0954. The molecule has 0 saturated heterocycles. The molecule has 0 fully saturated rings. The molecule has 1 aromatic rings. The SMILES string of the molecule is CCCNC(=O)c1cnc(C)cc1NC. The van der Waals surface area contributed by atoms with Gasteiger partial charge in [-0.15, -0.1) is 0 Å². The summed E-state index contributed by atoms with van der Waals surface area (Å²) in [5, 5.41) is 5.82. The minimum Gasteiger partial charge on any atom is -0.387 e. The van der Waals surface area contributed by atoms with Gasteiger partial charge in [-0.25, -0.2) is 0 Å². The standard InChI is InChI=1S/C11H17N3O/c1-4-5-13-11(15)9-7-14-8(2)6-10(9)12-3/h6-7H,4-5H2,1-3H3,(H,12,14)(H,13,15). The van der Waals surface area contributed by atoms with Gasteiger partial charge in [-0.05, 0) is 19.4 Å². The maximum Gasteiger partial charge on any atom is 0.254 e. The third-order valence-corrected chi connectivity index (χ3v) is 2.09. The fourth-order valence-electron chi connectivity index (χ4n) is 1.28. The van der Waals surface area contributed by atoms with Crippen LogP contribution in [-0.2, 0) is 0 Å². The number of nitrogens with one attached hydrogen (secondary N) is 2. The molecule has 1 rings (SSSR count). The number of carbonyl (C=O) groups is 1. The second-order valence-electron chi connectivity index (χ2n) is 3.38. The average molecular weight is 207 g/mol. The number of aryl methyl sites for hydroxylation is 1. The van der Waals surface area contributed by atoms with Crippen LogP contribution in [0, 0.1) is 6.92 Å². The highest BCUT2D eigenvalue weighted by Crippen LogP contribution is 2.14. The molecule has 0 aliphatic carbocycles. The van der Waals surface area contributed by atoms with E-state index in [2.05, 4.69) is 15.6 Å². The first kappa shape index (κ1) is 11.5. The summed E-state index contributed by atoms with van der Waals surface area (Å²) >= 11 is 0. The number of pyridine rings is 1. The van der Waals surface area contributed by atoms with Crippen molar-refractivity contribution in [2.24, 2.45) is 0 Å². The predicted molar refractivity (Wildman–Crippen MR) is 61.1 cm³/mol. The molecule has 0 bridgehead atoms. The Morgan fingerprint density at radius 1 is 1.53 bits per heavy atom. The molecule has 15 heavy (non-hydrogen) atoms. The number of aromatic nitrogens is 1. The van der Waals surface area contributed by atoms with Gasteiger partial charge in [0.25, 0.3) is 5.91 Å². The molecule has 82 valence electrons. The summed E-state index contributed by atoms with van der Waals surface area (Å²) in [6.07, 6.45) is 2.53. The Balaban J connectivity index is 2.87. The van der Waals surface area contributed by atoms with E-state index in [0.717, 1.165) is 17.8 Å². The second kappa shape index (κ2) is 5.34. The van der Waals surface area contributed by atoms with E-state index in [-0.39, 0.29) is 5.91 Å². The van der Waals surface area contributed by atoms with E-state index in [1.807, 2.05) is 19.9 Å². The Morgan fingerprint density at radius 2 is 2.27 bits per heavy atom. The molecular formula is C11H17N3O. The van der Waals surface area contributed by atoms with E-state index in [9.17, 15) is 4.79 Å². The summed E-state index contributed by atoms with van der Waals surface area (Å²) in [5.41, 5.74) is 2.30. The largest absolute Gasteiger partial charge is 0.387 e. The van der Waals surface area contributed by atoms with Crippen LogP contribution in [0.15, 0.2) is 12.3 Å². The first-order chi connectivity index (χ1) is 7.19. The van der Waals surface area contributed by atoms with Gasteiger partial charge < -0.3 is 10.6 Å². The summed E-state index contributed by atoms with van der Waals surface area (Å²) in [7, 11) is 1.80. The first-order valence-electron chi connectivity index (χ1n) is 5.11. The molecule has 0 aromatic carbocycles. The van der Waals surface area contributed by atoms with Crippen LogP contribution in [0.5, 0.6) is 0 Å². The van der Waals surface area contributed by atoms with E-state index in [1.165, 1.54) is 0 Å². The first-order valence-corrected chi connectivity index (χ1v) is 5.11. The van der Waals surface area contributed by atoms with E-state index in [4.69, 9.17) is 0 Å². The maximum absolute atomic E-state index is 11.7. The molecule has 0 unspecified atom stereocenters. The van der Waals surface area contributed by atoms with Gasteiger partial charge in [0, 0.05) is 25.5 Å². The van der Waals surface area contributed by atoms with Crippen LogP contribution in [0.1, 0.15) is 29.4 Å². The van der Waals surface area contributed by atoms with Crippen molar-refractivity contribution in [1.82, 2.24) is 10.3 Å². The van der Waals surface area contributed by atoms with Crippen molar-refractivity contribution in [1.29, 1.82) is 0 Å². The topological polar surface area (TPSA) is 54.0 Å². The summed E-state index contributed by atoms with van der Waals surface area (Å²) in [6.45, 7) is 4.61. The minimum absolute atomic E-state index is 0.0753. The number of nitrogens with zero attached hydrogens (tertiary/aromatic N) is 1. The second-order valence-corrected chi connectivity index (χ2v) is 3.38. The number of hydrogen-bond donors (Lipinski definition) is 2. The monoisotopic (exact) mass is 207 g/mol. The number of anilines is 1. The van der Waals surface area contributed by atoms with Crippen molar-refractivity contribution in [2.75, 3.05) is 18.9 Å². The highest BCUT2D eigenvalue weighted by Gasteiger charge is 2.10. The quantitative estimate of drug-likeness (QED) is 0.788. The Hall–Kier alpha value is -1.58. The number of amides is 1. The molecule has 2 N–H and O–H groups in total. The van der Waals surface area contributed by atoms with Gasteiger partial charge in [-0.3, -0.25) is 9.78 Å². The van der Waals surface area contributed by atoms with Crippen molar-refractivity contribution in [2.45, 2.75) is 20.3 Å². The van der Waals surface area contributed by atoms with Crippen LogP contribution in [0.4, 0.5) is 5.69 Å². The van der Waals surface area contributed by atoms with Gasteiger partial charge in [-0.2, -0.15) is 0 Å². The molecule has 0 atom stereocenters. The molecule has 1 amide bonds. The zero-order valence-electron chi connectivity index (χ0n) is 9.42. The van der Waals surface area contributed by atoms with Crippen LogP contribution < -0.4 is 10.6 Å². The van der Waals surface area contributed by atoms with Gasteiger partial charge in [0.1, 0.15) is 0 Å². The number of hydrogen-bond acceptors (Lipinski definition) is 3. The van der Waals surface area contributed by atoms with Crippen LogP contribution in [0.2, 0.25) is 0 Å². The molecule has 1 heterocycles. The zero-order valence-corrected chi connectivity index (χ0v) is 9.42. The number of rotatable bonds is 4. The van der Waals surface area contributed by atoms with Gasteiger partial charge in [0.15, 0.2) is 0 Å². The van der Waals surface area contributed by atoms with Crippen molar-refractivity contribution < 1.29 is 4.79 Å². The van der Waals surface area contributed by atoms with E-state index in [1.54, 1.807) is 13.2 Å². The lowest BCUT2D eigenvalue weighted by Gasteiger charge is -2.09. The van der Waals surface area contributed by atoms with Gasteiger partial charge in [0.2, 0.25) is 0 Å². The summed E-state index contributed by atoms with van der Waals surface area (Å²) in [6, 6.07) is 1.86. The normalized spacial score (nSPS) is 9.80.